The van der Waals surface area contributed by atoms with Gasteiger partial charge in [-0.05, 0) is 64.2 Å². The summed E-state index contributed by atoms with van der Waals surface area (Å²) in [5.41, 5.74) is 4.69. The van der Waals surface area contributed by atoms with E-state index in [2.05, 4.69) is 41.2 Å². The van der Waals surface area contributed by atoms with E-state index in [0.717, 1.165) is 17.8 Å². The van der Waals surface area contributed by atoms with Crippen molar-refractivity contribution in [3.63, 3.8) is 0 Å². The van der Waals surface area contributed by atoms with E-state index in [9.17, 15) is 0 Å². The molecule has 0 spiro atoms. The molecular formula is C19H34. The van der Waals surface area contributed by atoms with Crippen LogP contribution in [0.15, 0.2) is 23.3 Å². The molecule has 0 saturated heterocycles. The molecule has 0 aromatic rings. The Kier molecular flexibility index (Phi) is 6.89. The average Bonchev–Trinajstić information content (AvgIpc) is 2.80. The van der Waals surface area contributed by atoms with E-state index < -0.39 is 0 Å². The van der Waals surface area contributed by atoms with E-state index in [0.29, 0.717) is 0 Å². The van der Waals surface area contributed by atoms with E-state index in [1.165, 1.54) is 50.5 Å². The monoisotopic (exact) mass is 262 g/mol. The average molecular weight is 262 g/mol. The van der Waals surface area contributed by atoms with Crippen LogP contribution in [0.25, 0.3) is 0 Å². The molecule has 110 valence electrons. The van der Waals surface area contributed by atoms with Gasteiger partial charge in [-0.3, -0.25) is 0 Å². The Balaban J connectivity index is 2.96. The van der Waals surface area contributed by atoms with E-state index in [1.807, 2.05) is 0 Å². The van der Waals surface area contributed by atoms with Crippen LogP contribution in [0, 0.1) is 17.8 Å². The first-order chi connectivity index (χ1) is 8.97. The summed E-state index contributed by atoms with van der Waals surface area (Å²) in [5.74, 6) is 2.44. The van der Waals surface area contributed by atoms with Crippen molar-refractivity contribution in [1.82, 2.24) is 0 Å². The van der Waals surface area contributed by atoms with Crippen molar-refractivity contribution in [2.24, 2.45) is 17.8 Å². The normalized spacial score (nSPS) is 19.2. The van der Waals surface area contributed by atoms with Crippen molar-refractivity contribution in [2.45, 2.75) is 79.6 Å². The van der Waals surface area contributed by atoms with E-state index >= 15 is 0 Å². The maximum absolute atomic E-state index is 4.19. The summed E-state index contributed by atoms with van der Waals surface area (Å²) < 4.78 is 0. The molecule has 0 N–H and O–H groups in total. The zero-order chi connectivity index (χ0) is 14.4. The highest BCUT2D eigenvalue weighted by atomic mass is 14.3. The fraction of sp³-hybridized carbons (Fsp3) is 0.789. The van der Waals surface area contributed by atoms with Gasteiger partial charge in [0.2, 0.25) is 0 Å². The van der Waals surface area contributed by atoms with Gasteiger partial charge in [0.05, 0.1) is 0 Å². The molecule has 0 heteroatoms. The van der Waals surface area contributed by atoms with Gasteiger partial charge in [-0.15, -0.1) is 6.58 Å². The van der Waals surface area contributed by atoms with Crippen LogP contribution in [0.1, 0.15) is 79.6 Å². The zero-order valence-corrected chi connectivity index (χ0v) is 13.9. The lowest BCUT2D eigenvalue weighted by atomic mass is 9.73. The second-order valence-corrected chi connectivity index (χ2v) is 6.96. The number of hydrogen-bond donors (Lipinski definition) is 0. The first-order valence-corrected chi connectivity index (χ1v) is 8.29. The molecule has 0 amide bonds. The molecule has 0 aliphatic heterocycles. The Morgan fingerprint density at radius 2 is 1.74 bits per heavy atom. The van der Waals surface area contributed by atoms with E-state index in [-0.39, 0.29) is 0 Å². The predicted octanol–water partition coefficient (Wildman–Crippen LogP) is 6.53. The van der Waals surface area contributed by atoms with Gasteiger partial charge in [0.25, 0.3) is 0 Å². The Bertz CT molecular complexity index is 311. The Morgan fingerprint density at radius 1 is 1.16 bits per heavy atom. The molecule has 1 rings (SSSR count). The third-order valence-electron chi connectivity index (χ3n) is 4.77. The molecule has 0 heterocycles. The standard InChI is InChI=1S/C19H34/c1-7-10-16(6)19(15(4)5)18(13-14(2)3)17-11-8-9-12-17/h16-18H,2,7-13H2,1,3-6H3. The van der Waals surface area contributed by atoms with Crippen LogP contribution in [0.5, 0.6) is 0 Å². The minimum atomic E-state index is 0.750. The van der Waals surface area contributed by atoms with Crippen molar-refractivity contribution >= 4 is 0 Å². The van der Waals surface area contributed by atoms with Crippen molar-refractivity contribution in [3.8, 4) is 0 Å². The zero-order valence-electron chi connectivity index (χ0n) is 13.9. The molecule has 1 aliphatic rings. The van der Waals surface area contributed by atoms with Crippen LogP contribution < -0.4 is 0 Å². The number of rotatable bonds is 7. The Hall–Kier alpha value is -0.520. The van der Waals surface area contributed by atoms with E-state index in [1.54, 1.807) is 11.1 Å². The number of hydrogen-bond acceptors (Lipinski definition) is 0. The molecular weight excluding hydrogens is 228 g/mol. The van der Waals surface area contributed by atoms with Gasteiger partial charge < -0.3 is 0 Å². The highest BCUT2D eigenvalue weighted by Gasteiger charge is 2.30. The second kappa shape index (κ2) is 7.92. The maximum Gasteiger partial charge on any atom is -0.0133 e. The summed E-state index contributed by atoms with van der Waals surface area (Å²) in [6.45, 7) is 15.8. The lowest BCUT2D eigenvalue weighted by Gasteiger charge is -2.32. The van der Waals surface area contributed by atoms with Gasteiger partial charge in [0, 0.05) is 0 Å². The Morgan fingerprint density at radius 3 is 2.16 bits per heavy atom. The van der Waals surface area contributed by atoms with Crippen molar-refractivity contribution in [2.75, 3.05) is 0 Å². The molecule has 1 aliphatic carbocycles. The highest BCUT2D eigenvalue weighted by Crippen LogP contribution is 2.42. The lowest BCUT2D eigenvalue weighted by Crippen LogP contribution is -2.20. The molecule has 19 heavy (non-hydrogen) atoms. The molecule has 1 saturated carbocycles. The molecule has 1 fully saturated rings. The van der Waals surface area contributed by atoms with E-state index in [4.69, 9.17) is 0 Å². The molecule has 0 bridgehead atoms. The summed E-state index contributed by atoms with van der Waals surface area (Å²) in [6, 6.07) is 0. The van der Waals surface area contributed by atoms with Crippen LogP contribution in [0.3, 0.4) is 0 Å². The fourth-order valence-electron chi connectivity index (χ4n) is 4.08. The summed E-state index contributed by atoms with van der Waals surface area (Å²) >= 11 is 0. The van der Waals surface area contributed by atoms with Gasteiger partial charge in [-0.2, -0.15) is 0 Å². The minimum absolute atomic E-state index is 0.750. The molecule has 0 aromatic carbocycles. The van der Waals surface area contributed by atoms with Crippen molar-refractivity contribution in [1.29, 1.82) is 0 Å². The SMILES string of the molecule is C=C(C)CC(C(=C(C)C)C(C)CCC)C1CCCC1. The largest absolute Gasteiger partial charge is 0.100 e. The molecule has 0 nitrogen and oxygen atoms in total. The van der Waals surface area contributed by atoms with Crippen LogP contribution in [0.2, 0.25) is 0 Å². The van der Waals surface area contributed by atoms with Crippen LogP contribution >= 0.6 is 0 Å². The topological polar surface area (TPSA) is 0 Å². The smallest absolute Gasteiger partial charge is 0.0133 e. The quantitative estimate of drug-likeness (QED) is 0.457. The molecule has 0 aromatic heterocycles. The lowest BCUT2D eigenvalue weighted by molar-refractivity contribution is 0.348. The van der Waals surface area contributed by atoms with Gasteiger partial charge in [0.15, 0.2) is 0 Å². The second-order valence-electron chi connectivity index (χ2n) is 6.96. The third-order valence-corrected chi connectivity index (χ3v) is 4.77. The predicted molar refractivity (Wildman–Crippen MR) is 87.3 cm³/mol. The van der Waals surface area contributed by atoms with Gasteiger partial charge in [-0.25, -0.2) is 0 Å². The molecule has 0 radical (unpaired) electrons. The van der Waals surface area contributed by atoms with Gasteiger partial charge in [0.1, 0.15) is 0 Å². The fourth-order valence-corrected chi connectivity index (χ4v) is 4.08. The highest BCUT2D eigenvalue weighted by molar-refractivity contribution is 5.20. The van der Waals surface area contributed by atoms with Crippen molar-refractivity contribution < 1.29 is 0 Å². The molecule has 2 atom stereocenters. The van der Waals surface area contributed by atoms with Crippen LogP contribution in [0.4, 0.5) is 0 Å². The first-order valence-electron chi connectivity index (χ1n) is 8.29. The Labute approximate surface area is 121 Å². The summed E-state index contributed by atoms with van der Waals surface area (Å²) in [6.07, 6.45) is 9.59. The maximum atomic E-state index is 4.19. The number of allylic oxidation sites excluding steroid dienone is 3. The summed E-state index contributed by atoms with van der Waals surface area (Å²) in [4.78, 5) is 0. The van der Waals surface area contributed by atoms with Crippen LogP contribution in [-0.2, 0) is 0 Å². The summed E-state index contributed by atoms with van der Waals surface area (Å²) in [7, 11) is 0. The van der Waals surface area contributed by atoms with Crippen LogP contribution in [-0.4, -0.2) is 0 Å². The molecule has 2 unspecified atom stereocenters. The van der Waals surface area contributed by atoms with Crippen molar-refractivity contribution in [3.05, 3.63) is 23.3 Å². The first kappa shape index (κ1) is 16.5. The third kappa shape index (κ3) is 4.82. The summed E-state index contributed by atoms with van der Waals surface area (Å²) in [5, 5.41) is 0. The minimum Gasteiger partial charge on any atom is -0.100 e. The van der Waals surface area contributed by atoms with Gasteiger partial charge >= 0.3 is 0 Å². The van der Waals surface area contributed by atoms with Gasteiger partial charge in [-0.1, -0.05) is 49.8 Å².